The topological polar surface area (TPSA) is 73.3 Å². The summed E-state index contributed by atoms with van der Waals surface area (Å²) in [5.74, 6) is 1.36. The van der Waals surface area contributed by atoms with E-state index >= 15 is 0 Å². The third-order valence-corrected chi connectivity index (χ3v) is 5.05. The van der Waals surface area contributed by atoms with Gasteiger partial charge in [0.1, 0.15) is 11.5 Å². The Bertz CT molecular complexity index is 965. The first kappa shape index (κ1) is 18.9. The summed E-state index contributed by atoms with van der Waals surface area (Å²) >= 11 is 0. The zero-order valence-electron chi connectivity index (χ0n) is 16.3. The van der Waals surface area contributed by atoms with Gasteiger partial charge in [0.2, 0.25) is 0 Å². The number of benzene rings is 2. The van der Waals surface area contributed by atoms with Gasteiger partial charge in [-0.15, -0.1) is 0 Å². The number of aromatic nitrogens is 2. The summed E-state index contributed by atoms with van der Waals surface area (Å²) in [7, 11) is 1.62. The van der Waals surface area contributed by atoms with Gasteiger partial charge in [0.25, 0.3) is 5.91 Å². The van der Waals surface area contributed by atoms with Gasteiger partial charge in [-0.05, 0) is 54.8 Å². The molecule has 1 N–H and O–H groups in total. The lowest BCUT2D eigenvalue weighted by Gasteiger charge is -2.12. The molecule has 0 aliphatic heterocycles. The molecule has 1 amide bonds. The molecule has 0 unspecified atom stereocenters. The minimum absolute atomic E-state index is 0.0286. The number of carbonyl (C=O) groups is 1. The highest BCUT2D eigenvalue weighted by molar-refractivity contribution is 5.95. The summed E-state index contributed by atoms with van der Waals surface area (Å²) in [6.45, 7) is 0. The van der Waals surface area contributed by atoms with Crippen molar-refractivity contribution in [2.45, 2.75) is 31.7 Å². The molecule has 148 valence electrons. The molecule has 4 rings (SSSR count). The average molecular weight is 389 g/mol. The Kier molecular flexibility index (Phi) is 5.70. The molecule has 3 aromatic rings. The van der Waals surface area contributed by atoms with Gasteiger partial charge >= 0.3 is 6.01 Å². The van der Waals surface area contributed by atoms with Crippen LogP contribution in [0.4, 0.5) is 0 Å². The third-order valence-electron chi connectivity index (χ3n) is 5.05. The van der Waals surface area contributed by atoms with E-state index in [-0.39, 0.29) is 11.9 Å². The molecule has 1 aliphatic rings. The number of methoxy groups -OCH3 is 1. The van der Waals surface area contributed by atoms with Crippen LogP contribution in [-0.2, 0) is 0 Å². The smallest absolute Gasteiger partial charge is 0.321 e. The summed E-state index contributed by atoms with van der Waals surface area (Å²) in [6.07, 6.45) is 7.89. The molecular formula is C23H23N3O3. The van der Waals surface area contributed by atoms with Gasteiger partial charge in [-0.3, -0.25) is 4.79 Å². The van der Waals surface area contributed by atoms with Crippen LogP contribution in [0.2, 0.25) is 0 Å². The van der Waals surface area contributed by atoms with E-state index in [1.54, 1.807) is 31.6 Å². The first-order chi connectivity index (χ1) is 14.2. The van der Waals surface area contributed by atoms with Crippen molar-refractivity contribution >= 4 is 5.91 Å². The molecule has 0 bridgehead atoms. The predicted octanol–water partition coefficient (Wildman–Crippen LogP) is 4.62. The Morgan fingerprint density at radius 1 is 0.966 bits per heavy atom. The number of carbonyl (C=O) groups excluding carboxylic acids is 1. The molecule has 1 saturated carbocycles. The third kappa shape index (κ3) is 4.71. The number of amides is 1. The summed E-state index contributed by atoms with van der Waals surface area (Å²) in [4.78, 5) is 21.1. The fourth-order valence-electron chi connectivity index (χ4n) is 3.45. The molecule has 1 fully saturated rings. The van der Waals surface area contributed by atoms with Crippen LogP contribution in [0.5, 0.6) is 17.5 Å². The predicted molar refractivity (Wildman–Crippen MR) is 110 cm³/mol. The van der Waals surface area contributed by atoms with Gasteiger partial charge in [-0.1, -0.05) is 25.0 Å². The van der Waals surface area contributed by atoms with E-state index in [0.29, 0.717) is 17.4 Å². The lowest BCUT2D eigenvalue weighted by molar-refractivity contribution is 0.0938. The number of nitrogens with one attached hydrogen (secondary N) is 1. The zero-order chi connectivity index (χ0) is 20.1. The summed E-state index contributed by atoms with van der Waals surface area (Å²) < 4.78 is 10.8. The SMILES string of the molecule is COc1ccc(Oc2ncc(-c3cccc(C(=O)NC4CCCC4)c3)cn2)cc1. The van der Waals surface area contributed by atoms with Gasteiger partial charge in [0.15, 0.2) is 0 Å². The molecular weight excluding hydrogens is 366 g/mol. The average Bonchev–Trinajstić information content (AvgIpc) is 3.28. The quantitative estimate of drug-likeness (QED) is 0.666. The van der Waals surface area contributed by atoms with Crippen molar-refractivity contribution in [2.75, 3.05) is 7.11 Å². The minimum Gasteiger partial charge on any atom is -0.497 e. The number of nitrogens with zero attached hydrogens (tertiary/aromatic N) is 2. The molecule has 0 atom stereocenters. The van der Waals surface area contributed by atoms with Gasteiger partial charge in [-0.2, -0.15) is 0 Å². The maximum Gasteiger partial charge on any atom is 0.321 e. The molecule has 1 aliphatic carbocycles. The van der Waals surface area contributed by atoms with Crippen LogP contribution in [0.25, 0.3) is 11.1 Å². The fraction of sp³-hybridized carbons (Fsp3) is 0.261. The lowest BCUT2D eigenvalue weighted by Crippen LogP contribution is -2.32. The largest absolute Gasteiger partial charge is 0.497 e. The Hall–Kier alpha value is -3.41. The van der Waals surface area contributed by atoms with E-state index < -0.39 is 0 Å². The van der Waals surface area contributed by atoms with Crippen molar-refractivity contribution in [3.63, 3.8) is 0 Å². The van der Waals surface area contributed by atoms with Gasteiger partial charge in [0, 0.05) is 29.6 Å². The highest BCUT2D eigenvalue weighted by Gasteiger charge is 2.18. The van der Waals surface area contributed by atoms with Crippen molar-refractivity contribution in [2.24, 2.45) is 0 Å². The number of hydrogen-bond donors (Lipinski definition) is 1. The molecule has 0 saturated heterocycles. The standard InChI is InChI=1S/C23H23N3O3/c1-28-20-9-11-21(12-10-20)29-23-24-14-18(15-25-23)16-5-4-6-17(13-16)22(27)26-19-7-2-3-8-19/h4-6,9-15,19H,2-3,7-8H2,1H3,(H,26,27). The van der Waals surface area contributed by atoms with Crippen molar-refractivity contribution in [1.82, 2.24) is 15.3 Å². The highest BCUT2D eigenvalue weighted by Crippen LogP contribution is 2.24. The Labute approximate surface area is 169 Å². The van der Waals surface area contributed by atoms with Gasteiger partial charge in [-0.25, -0.2) is 9.97 Å². The number of hydrogen-bond acceptors (Lipinski definition) is 5. The Balaban J connectivity index is 1.44. The highest BCUT2D eigenvalue weighted by atomic mass is 16.5. The molecule has 0 spiro atoms. The number of rotatable bonds is 6. The van der Waals surface area contributed by atoms with Crippen LogP contribution in [-0.4, -0.2) is 29.0 Å². The molecule has 0 radical (unpaired) electrons. The number of ether oxygens (including phenoxy) is 2. The summed E-state index contributed by atoms with van der Waals surface area (Å²) in [5.41, 5.74) is 2.36. The Morgan fingerprint density at radius 3 is 2.34 bits per heavy atom. The second-order valence-electron chi connectivity index (χ2n) is 7.07. The van der Waals surface area contributed by atoms with E-state index in [1.807, 2.05) is 36.4 Å². The van der Waals surface area contributed by atoms with Crippen molar-refractivity contribution in [1.29, 1.82) is 0 Å². The van der Waals surface area contributed by atoms with Crippen LogP contribution in [0.15, 0.2) is 60.9 Å². The zero-order valence-corrected chi connectivity index (χ0v) is 16.3. The van der Waals surface area contributed by atoms with E-state index in [1.165, 1.54) is 12.8 Å². The second kappa shape index (κ2) is 8.73. The van der Waals surface area contributed by atoms with Crippen molar-refractivity contribution < 1.29 is 14.3 Å². The van der Waals surface area contributed by atoms with Crippen LogP contribution >= 0.6 is 0 Å². The van der Waals surface area contributed by atoms with Gasteiger partial charge in [0.05, 0.1) is 7.11 Å². The monoisotopic (exact) mass is 389 g/mol. The molecule has 6 nitrogen and oxygen atoms in total. The Morgan fingerprint density at radius 2 is 1.66 bits per heavy atom. The maximum absolute atomic E-state index is 12.5. The van der Waals surface area contributed by atoms with E-state index in [4.69, 9.17) is 9.47 Å². The molecule has 1 heterocycles. The minimum atomic E-state index is -0.0286. The normalized spacial score (nSPS) is 13.8. The first-order valence-corrected chi connectivity index (χ1v) is 9.76. The summed E-state index contributed by atoms with van der Waals surface area (Å²) in [6, 6.07) is 15.3. The van der Waals surface area contributed by atoms with Gasteiger partial charge < -0.3 is 14.8 Å². The van der Waals surface area contributed by atoms with E-state index in [9.17, 15) is 4.79 Å². The van der Waals surface area contributed by atoms with E-state index in [2.05, 4.69) is 15.3 Å². The first-order valence-electron chi connectivity index (χ1n) is 9.76. The van der Waals surface area contributed by atoms with Crippen molar-refractivity contribution in [3.05, 3.63) is 66.5 Å². The van der Waals surface area contributed by atoms with Crippen LogP contribution < -0.4 is 14.8 Å². The van der Waals surface area contributed by atoms with Crippen molar-refractivity contribution in [3.8, 4) is 28.6 Å². The molecule has 2 aromatic carbocycles. The fourth-order valence-corrected chi connectivity index (χ4v) is 3.45. The van der Waals surface area contributed by atoms with Crippen LogP contribution in [0.1, 0.15) is 36.0 Å². The molecule has 1 aromatic heterocycles. The van der Waals surface area contributed by atoms with Crippen LogP contribution in [0, 0.1) is 0 Å². The summed E-state index contributed by atoms with van der Waals surface area (Å²) in [5, 5.41) is 3.12. The lowest BCUT2D eigenvalue weighted by atomic mass is 10.1. The van der Waals surface area contributed by atoms with Crippen LogP contribution in [0.3, 0.4) is 0 Å². The maximum atomic E-state index is 12.5. The molecule has 29 heavy (non-hydrogen) atoms. The second-order valence-corrected chi connectivity index (χ2v) is 7.07. The van der Waals surface area contributed by atoms with E-state index in [0.717, 1.165) is 29.7 Å². The molecule has 6 heteroatoms.